The van der Waals surface area contributed by atoms with E-state index in [1.54, 1.807) is 37.3 Å². The lowest BCUT2D eigenvalue weighted by Crippen LogP contribution is -2.32. The molecule has 4 rings (SSSR count). The molecule has 1 aliphatic rings. The van der Waals surface area contributed by atoms with Gasteiger partial charge in [-0.3, -0.25) is 9.59 Å². The highest BCUT2D eigenvalue weighted by molar-refractivity contribution is 6.46. The summed E-state index contributed by atoms with van der Waals surface area (Å²) < 4.78 is 11.0. The number of likely N-dealkylation sites (tertiary alicyclic amines) is 1. The van der Waals surface area contributed by atoms with Gasteiger partial charge in [-0.05, 0) is 53.9 Å². The number of benzene rings is 3. The molecule has 0 bridgehead atoms. The quantitative estimate of drug-likeness (QED) is 0.287. The van der Waals surface area contributed by atoms with E-state index in [1.807, 2.05) is 30.3 Å². The molecule has 180 valence electrons. The minimum atomic E-state index is -0.806. The Hall–Kier alpha value is -4.10. The number of carbonyl (C=O) groups is 2. The highest BCUT2D eigenvalue weighted by atomic mass is 16.5. The topological polar surface area (TPSA) is 96.3 Å². The summed E-state index contributed by atoms with van der Waals surface area (Å²) >= 11 is 0. The highest BCUT2D eigenvalue weighted by Crippen LogP contribution is 2.40. The molecule has 1 aliphatic heterocycles. The van der Waals surface area contributed by atoms with Crippen molar-refractivity contribution in [1.82, 2.24) is 4.90 Å². The van der Waals surface area contributed by atoms with Gasteiger partial charge < -0.3 is 24.6 Å². The van der Waals surface area contributed by atoms with Crippen molar-refractivity contribution in [3.05, 3.63) is 101 Å². The van der Waals surface area contributed by atoms with Crippen LogP contribution >= 0.6 is 0 Å². The van der Waals surface area contributed by atoms with E-state index in [-0.39, 0.29) is 30.2 Å². The van der Waals surface area contributed by atoms with Gasteiger partial charge in [0.05, 0.1) is 18.2 Å². The van der Waals surface area contributed by atoms with Gasteiger partial charge in [-0.25, -0.2) is 0 Å². The second-order valence-corrected chi connectivity index (χ2v) is 8.33. The lowest BCUT2D eigenvalue weighted by atomic mass is 9.94. The maximum atomic E-state index is 13.1. The van der Waals surface area contributed by atoms with Gasteiger partial charge >= 0.3 is 0 Å². The van der Waals surface area contributed by atoms with Crippen LogP contribution in [-0.4, -0.2) is 47.1 Å². The second kappa shape index (κ2) is 10.4. The number of ether oxygens (including phenoxy) is 2. The third-order valence-corrected chi connectivity index (χ3v) is 5.99. The number of aliphatic hydroxyl groups is 1. The second-order valence-electron chi connectivity index (χ2n) is 8.33. The number of phenolic OH excluding ortho intramolecular Hbond substituents is 1. The molecule has 3 aromatic rings. The van der Waals surface area contributed by atoms with E-state index < -0.39 is 17.7 Å². The fourth-order valence-corrected chi connectivity index (χ4v) is 4.18. The van der Waals surface area contributed by atoms with E-state index in [2.05, 4.69) is 0 Å². The molecule has 0 radical (unpaired) electrons. The number of aliphatic hydroxyl groups excluding tert-OH is 1. The summed E-state index contributed by atoms with van der Waals surface area (Å²) in [4.78, 5) is 27.3. The van der Waals surface area contributed by atoms with Crippen molar-refractivity contribution in [2.45, 2.75) is 19.6 Å². The van der Waals surface area contributed by atoms with E-state index in [4.69, 9.17) is 9.47 Å². The number of aromatic hydroxyl groups is 1. The Morgan fingerprint density at radius 2 is 1.71 bits per heavy atom. The van der Waals surface area contributed by atoms with Crippen molar-refractivity contribution >= 4 is 17.4 Å². The van der Waals surface area contributed by atoms with Crippen molar-refractivity contribution < 1.29 is 29.3 Å². The van der Waals surface area contributed by atoms with Crippen LogP contribution in [0.25, 0.3) is 5.76 Å². The number of phenols is 1. The first-order valence-corrected chi connectivity index (χ1v) is 11.2. The van der Waals surface area contributed by atoms with E-state index in [0.29, 0.717) is 29.0 Å². The first-order valence-electron chi connectivity index (χ1n) is 11.2. The molecule has 0 aliphatic carbocycles. The molecule has 3 aromatic carbocycles. The average molecular weight is 474 g/mol. The summed E-state index contributed by atoms with van der Waals surface area (Å²) in [5.41, 5.74) is 2.76. The van der Waals surface area contributed by atoms with E-state index in [9.17, 15) is 19.8 Å². The van der Waals surface area contributed by atoms with E-state index in [0.717, 1.165) is 5.56 Å². The fourth-order valence-electron chi connectivity index (χ4n) is 4.18. The standard InChI is InChI=1S/C28H27NO6/c1-18-16-22(35-17-19-6-4-3-5-7-19)12-13-23(18)26(31)24-25(20-8-10-21(30)11-9-20)29(14-15-34-2)28(33)27(24)32/h3-13,16,25,30-31H,14-15,17H2,1-2H3/t25-/m1/s1. The van der Waals surface area contributed by atoms with Gasteiger partial charge in [-0.2, -0.15) is 0 Å². The van der Waals surface area contributed by atoms with Crippen LogP contribution in [0.1, 0.15) is 28.3 Å². The molecule has 1 atom stereocenters. The van der Waals surface area contributed by atoms with Crippen LogP contribution in [0.15, 0.2) is 78.4 Å². The first kappa shape index (κ1) is 24.0. The van der Waals surface area contributed by atoms with Crippen LogP contribution in [-0.2, 0) is 20.9 Å². The van der Waals surface area contributed by atoms with Gasteiger partial charge in [0.25, 0.3) is 11.7 Å². The fraction of sp³-hybridized carbons (Fsp3) is 0.214. The summed E-state index contributed by atoms with van der Waals surface area (Å²) in [6, 6.07) is 20.4. The van der Waals surface area contributed by atoms with Crippen LogP contribution in [0.2, 0.25) is 0 Å². The summed E-state index contributed by atoms with van der Waals surface area (Å²) in [7, 11) is 1.51. The summed E-state index contributed by atoms with van der Waals surface area (Å²) in [6.07, 6.45) is 0. The molecule has 0 unspecified atom stereocenters. The minimum absolute atomic E-state index is 0.00199. The number of nitrogens with zero attached hydrogens (tertiary/aromatic N) is 1. The SMILES string of the molecule is COCCN1C(=O)C(=O)C(=C(O)c2ccc(OCc3ccccc3)cc2C)[C@H]1c1ccc(O)cc1. The predicted molar refractivity (Wildman–Crippen MR) is 131 cm³/mol. The van der Waals surface area contributed by atoms with Crippen molar-refractivity contribution in [2.24, 2.45) is 0 Å². The lowest BCUT2D eigenvalue weighted by molar-refractivity contribution is -0.140. The monoisotopic (exact) mass is 473 g/mol. The van der Waals surface area contributed by atoms with Crippen molar-refractivity contribution in [3.63, 3.8) is 0 Å². The van der Waals surface area contributed by atoms with E-state index in [1.165, 1.54) is 24.1 Å². The van der Waals surface area contributed by atoms with Crippen LogP contribution in [0.4, 0.5) is 0 Å². The highest BCUT2D eigenvalue weighted by Gasteiger charge is 2.46. The van der Waals surface area contributed by atoms with Crippen LogP contribution < -0.4 is 4.74 Å². The molecule has 0 spiro atoms. The third kappa shape index (κ3) is 5.05. The Labute approximate surface area is 203 Å². The molecule has 1 amide bonds. The molecule has 1 saturated heterocycles. The zero-order chi connectivity index (χ0) is 24.9. The number of aryl methyl sites for hydroxylation is 1. The largest absolute Gasteiger partial charge is 0.508 e. The Morgan fingerprint density at radius 1 is 1.00 bits per heavy atom. The van der Waals surface area contributed by atoms with E-state index >= 15 is 0 Å². The van der Waals surface area contributed by atoms with Crippen LogP contribution in [0.3, 0.4) is 0 Å². The molecule has 0 aromatic heterocycles. The maximum Gasteiger partial charge on any atom is 0.295 e. The summed E-state index contributed by atoms with van der Waals surface area (Å²) in [6.45, 7) is 2.61. The molecule has 35 heavy (non-hydrogen) atoms. The predicted octanol–water partition coefficient (Wildman–Crippen LogP) is 4.35. The number of rotatable bonds is 8. The minimum Gasteiger partial charge on any atom is -0.508 e. The Bertz CT molecular complexity index is 1250. The van der Waals surface area contributed by atoms with Crippen LogP contribution in [0, 0.1) is 6.92 Å². The van der Waals surface area contributed by atoms with Gasteiger partial charge in [0.1, 0.15) is 23.9 Å². The summed E-state index contributed by atoms with van der Waals surface area (Å²) in [5, 5.41) is 21.0. The van der Waals surface area contributed by atoms with Crippen molar-refractivity contribution in [3.8, 4) is 11.5 Å². The normalized spacial score (nSPS) is 17.1. The first-order chi connectivity index (χ1) is 16.9. The van der Waals surface area contributed by atoms with Crippen molar-refractivity contribution in [1.29, 1.82) is 0 Å². The number of ketones is 1. The molecular formula is C28H27NO6. The number of amides is 1. The number of methoxy groups -OCH3 is 1. The van der Waals surface area contributed by atoms with Gasteiger partial charge in [0, 0.05) is 19.2 Å². The summed E-state index contributed by atoms with van der Waals surface area (Å²) in [5.74, 6) is -1.04. The van der Waals surface area contributed by atoms with Gasteiger partial charge in [-0.15, -0.1) is 0 Å². The Kier molecular flexibility index (Phi) is 7.17. The Balaban J connectivity index is 1.70. The van der Waals surface area contributed by atoms with Gasteiger partial charge in [0.2, 0.25) is 0 Å². The number of hydrogen-bond acceptors (Lipinski definition) is 6. The van der Waals surface area contributed by atoms with Gasteiger partial charge in [0.15, 0.2) is 0 Å². The number of carbonyl (C=O) groups excluding carboxylic acids is 2. The molecule has 1 heterocycles. The number of Topliss-reactive ketones (excluding diaryl/α,β-unsaturated/α-hetero) is 1. The molecule has 7 nitrogen and oxygen atoms in total. The smallest absolute Gasteiger partial charge is 0.295 e. The maximum absolute atomic E-state index is 13.1. The number of hydrogen-bond donors (Lipinski definition) is 2. The molecule has 7 heteroatoms. The average Bonchev–Trinajstić information content (AvgIpc) is 3.12. The van der Waals surface area contributed by atoms with Gasteiger partial charge in [-0.1, -0.05) is 42.5 Å². The Morgan fingerprint density at radius 3 is 2.37 bits per heavy atom. The van der Waals surface area contributed by atoms with Crippen LogP contribution in [0.5, 0.6) is 11.5 Å². The zero-order valence-corrected chi connectivity index (χ0v) is 19.6. The third-order valence-electron chi connectivity index (χ3n) is 5.99. The molecule has 0 saturated carbocycles. The molecular weight excluding hydrogens is 446 g/mol. The zero-order valence-electron chi connectivity index (χ0n) is 19.6. The van der Waals surface area contributed by atoms with Crippen molar-refractivity contribution in [2.75, 3.05) is 20.3 Å². The molecule has 1 fully saturated rings. The lowest BCUT2D eigenvalue weighted by Gasteiger charge is -2.25. The molecule has 2 N–H and O–H groups in total.